The number of hydrogen-bond acceptors (Lipinski definition) is 6. The molecule has 0 spiro atoms. The molecule has 1 amide bonds. The highest BCUT2D eigenvalue weighted by Gasteiger charge is 2.35. The van der Waals surface area contributed by atoms with Crippen molar-refractivity contribution in [3.8, 4) is 5.95 Å². The van der Waals surface area contributed by atoms with Gasteiger partial charge in [0.25, 0.3) is 11.9 Å². The molecule has 0 saturated carbocycles. The Bertz CT molecular complexity index is 751. The molecule has 23 heavy (non-hydrogen) atoms. The predicted octanol–water partition coefficient (Wildman–Crippen LogP) is -0.0845. The number of aromatic nitrogens is 6. The molecule has 0 aliphatic heterocycles. The number of aryl methyl sites for hydroxylation is 1. The van der Waals surface area contributed by atoms with Crippen molar-refractivity contribution in [2.75, 3.05) is 0 Å². The maximum absolute atomic E-state index is 12.5. The molecule has 2 aromatic rings. The molecule has 0 aliphatic carbocycles. The van der Waals surface area contributed by atoms with E-state index < -0.39 is 41.7 Å². The van der Waals surface area contributed by atoms with E-state index in [2.05, 4.69) is 25.5 Å². The monoisotopic (exact) mass is 333 g/mol. The minimum absolute atomic E-state index is 0.0471. The van der Waals surface area contributed by atoms with Gasteiger partial charge in [-0.25, -0.2) is 4.98 Å². The van der Waals surface area contributed by atoms with Gasteiger partial charge in [-0.05, 0) is 13.8 Å². The number of alkyl halides is 3. The van der Waals surface area contributed by atoms with E-state index in [9.17, 15) is 22.8 Å². The smallest absolute Gasteiger partial charge is 0.451 e. The van der Waals surface area contributed by atoms with Crippen LogP contribution in [0.4, 0.5) is 13.2 Å². The highest BCUT2D eigenvalue weighted by Crippen LogP contribution is 2.26. The SMILES string of the molecule is Cc1nc(C(=O)NC(C)C(=O)O)nn1-c1n[nH]c(C(F)(F)F)n1. The first-order valence-electron chi connectivity index (χ1n) is 6.07. The van der Waals surface area contributed by atoms with Gasteiger partial charge < -0.3 is 10.4 Å². The van der Waals surface area contributed by atoms with Crippen molar-refractivity contribution >= 4 is 11.9 Å². The maximum atomic E-state index is 12.5. The average Bonchev–Trinajstić information content (AvgIpc) is 3.03. The normalized spacial score (nSPS) is 12.9. The number of H-pyrrole nitrogens is 1. The molecule has 0 bridgehead atoms. The Labute approximate surface area is 125 Å². The van der Waals surface area contributed by atoms with Gasteiger partial charge in [-0.15, -0.1) is 10.2 Å². The molecule has 2 rings (SSSR count). The van der Waals surface area contributed by atoms with Crippen LogP contribution in [-0.4, -0.2) is 53.0 Å². The summed E-state index contributed by atoms with van der Waals surface area (Å²) < 4.78 is 38.2. The molecule has 0 aliphatic rings. The van der Waals surface area contributed by atoms with Gasteiger partial charge in [0.2, 0.25) is 11.6 Å². The molecule has 124 valence electrons. The highest BCUT2D eigenvalue weighted by molar-refractivity contribution is 5.93. The van der Waals surface area contributed by atoms with E-state index in [-0.39, 0.29) is 5.82 Å². The summed E-state index contributed by atoms with van der Waals surface area (Å²) in [7, 11) is 0. The summed E-state index contributed by atoms with van der Waals surface area (Å²) in [4.78, 5) is 29.4. The number of rotatable bonds is 4. The van der Waals surface area contributed by atoms with Crippen molar-refractivity contribution in [2.45, 2.75) is 26.1 Å². The van der Waals surface area contributed by atoms with Crippen molar-refractivity contribution in [2.24, 2.45) is 0 Å². The number of halogens is 3. The lowest BCUT2D eigenvalue weighted by molar-refractivity contribution is -0.144. The van der Waals surface area contributed by atoms with Crippen LogP contribution >= 0.6 is 0 Å². The van der Waals surface area contributed by atoms with Crippen LogP contribution < -0.4 is 5.32 Å². The molecular weight excluding hydrogens is 323 g/mol. The minimum Gasteiger partial charge on any atom is -0.480 e. The van der Waals surface area contributed by atoms with Gasteiger partial charge in [0, 0.05) is 0 Å². The fourth-order valence-electron chi connectivity index (χ4n) is 1.47. The number of carboxylic acid groups (broad SMARTS) is 1. The molecule has 1 atom stereocenters. The van der Waals surface area contributed by atoms with Gasteiger partial charge in [0.1, 0.15) is 11.9 Å². The Hall–Kier alpha value is -2.99. The van der Waals surface area contributed by atoms with Gasteiger partial charge >= 0.3 is 12.1 Å². The van der Waals surface area contributed by atoms with Crippen molar-refractivity contribution in [3.63, 3.8) is 0 Å². The summed E-state index contributed by atoms with van der Waals surface area (Å²) in [5.41, 5.74) is 0. The minimum atomic E-state index is -4.71. The first kappa shape index (κ1) is 16.4. The predicted molar refractivity (Wildman–Crippen MR) is 65.6 cm³/mol. The average molecular weight is 333 g/mol. The third-order valence-electron chi connectivity index (χ3n) is 2.62. The number of hydrogen-bond donors (Lipinski definition) is 3. The lowest BCUT2D eigenvalue weighted by Crippen LogP contribution is -2.38. The lowest BCUT2D eigenvalue weighted by atomic mass is 10.3. The van der Waals surface area contributed by atoms with Gasteiger partial charge in [-0.3, -0.25) is 14.7 Å². The van der Waals surface area contributed by atoms with Crippen molar-refractivity contribution in [3.05, 3.63) is 17.5 Å². The van der Waals surface area contributed by atoms with Crippen LogP contribution in [-0.2, 0) is 11.0 Å². The van der Waals surface area contributed by atoms with Crippen molar-refractivity contribution in [1.82, 2.24) is 35.3 Å². The van der Waals surface area contributed by atoms with E-state index in [0.717, 1.165) is 4.68 Å². The molecule has 13 heteroatoms. The molecular formula is C10H10F3N7O3. The molecule has 2 heterocycles. The van der Waals surface area contributed by atoms with Crippen molar-refractivity contribution in [1.29, 1.82) is 0 Å². The zero-order chi connectivity index (χ0) is 17.4. The van der Waals surface area contributed by atoms with Crippen LogP contribution in [0.5, 0.6) is 0 Å². The van der Waals surface area contributed by atoms with E-state index in [1.165, 1.54) is 13.8 Å². The number of amides is 1. The first-order valence-corrected chi connectivity index (χ1v) is 6.07. The lowest BCUT2D eigenvalue weighted by Gasteiger charge is -2.06. The van der Waals surface area contributed by atoms with Crippen LogP contribution in [0.15, 0.2) is 0 Å². The number of carbonyl (C=O) groups is 2. The third kappa shape index (κ3) is 3.44. The standard InChI is InChI=1S/C10H10F3N7O3/c1-3(7(22)23)14-6(21)5-15-4(2)20(19-5)9-16-8(17-18-9)10(11,12)13/h3H,1-2H3,(H,14,21)(H,22,23)(H,16,17,18). The highest BCUT2D eigenvalue weighted by atomic mass is 19.4. The second kappa shape index (κ2) is 5.66. The number of carboxylic acids is 1. The topological polar surface area (TPSA) is 139 Å². The Morgan fingerprint density at radius 2 is 2.00 bits per heavy atom. The van der Waals surface area contributed by atoms with Crippen LogP contribution in [0.2, 0.25) is 0 Å². The molecule has 3 N–H and O–H groups in total. The van der Waals surface area contributed by atoms with E-state index >= 15 is 0 Å². The molecule has 10 nitrogen and oxygen atoms in total. The molecule has 0 radical (unpaired) electrons. The Morgan fingerprint density at radius 3 is 2.52 bits per heavy atom. The Balaban J connectivity index is 2.26. The van der Waals surface area contributed by atoms with E-state index in [1.807, 2.05) is 0 Å². The van der Waals surface area contributed by atoms with Gasteiger partial charge in [0.05, 0.1) is 0 Å². The van der Waals surface area contributed by atoms with E-state index in [0.29, 0.717) is 0 Å². The van der Waals surface area contributed by atoms with Crippen LogP contribution in [0.1, 0.15) is 29.2 Å². The molecule has 0 aromatic carbocycles. The third-order valence-corrected chi connectivity index (χ3v) is 2.62. The maximum Gasteiger partial charge on any atom is 0.451 e. The van der Waals surface area contributed by atoms with E-state index in [4.69, 9.17) is 5.11 Å². The summed E-state index contributed by atoms with van der Waals surface area (Å²) in [5, 5.41) is 19.5. The fourth-order valence-corrected chi connectivity index (χ4v) is 1.47. The van der Waals surface area contributed by atoms with Crippen molar-refractivity contribution < 1.29 is 27.9 Å². The molecule has 0 saturated heterocycles. The van der Waals surface area contributed by atoms with E-state index in [1.54, 1.807) is 5.10 Å². The summed E-state index contributed by atoms with van der Waals surface area (Å²) in [6.45, 7) is 2.60. The van der Waals surface area contributed by atoms with Crippen LogP contribution in [0.3, 0.4) is 0 Å². The first-order chi connectivity index (χ1) is 10.6. The number of nitrogens with one attached hydrogen (secondary N) is 2. The second-order valence-corrected chi connectivity index (χ2v) is 4.41. The number of nitrogens with zero attached hydrogens (tertiary/aromatic N) is 5. The fraction of sp³-hybridized carbons (Fsp3) is 0.400. The zero-order valence-corrected chi connectivity index (χ0v) is 11.7. The van der Waals surface area contributed by atoms with Gasteiger partial charge in [-0.1, -0.05) is 0 Å². The largest absolute Gasteiger partial charge is 0.480 e. The summed E-state index contributed by atoms with van der Waals surface area (Å²) >= 11 is 0. The summed E-state index contributed by atoms with van der Waals surface area (Å²) in [5.74, 6) is -4.31. The Morgan fingerprint density at radius 1 is 1.35 bits per heavy atom. The molecule has 1 unspecified atom stereocenters. The van der Waals surface area contributed by atoms with Crippen LogP contribution in [0, 0.1) is 6.92 Å². The van der Waals surface area contributed by atoms with Gasteiger partial charge in [0.15, 0.2) is 0 Å². The van der Waals surface area contributed by atoms with Crippen LogP contribution in [0.25, 0.3) is 5.95 Å². The molecule has 2 aromatic heterocycles. The van der Waals surface area contributed by atoms with Gasteiger partial charge in [-0.2, -0.15) is 22.8 Å². The Kier molecular flexibility index (Phi) is 4.03. The summed E-state index contributed by atoms with van der Waals surface area (Å²) in [6, 6.07) is -1.19. The second-order valence-electron chi connectivity index (χ2n) is 4.41. The number of aromatic amines is 1. The molecule has 0 fully saturated rings. The zero-order valence-electron chi connectivity index (χ0n) is 11.7. The number of aliphatic carboxylic acids is 1. The summed E-state index contributed by atoms with van der Waals surface area (Å²) in [6.07, 6.45) is -4.71. The quantitative estimate of drug-likeness (QED) is 0.711. The number of carbonyl (C=O) groups excluding carboxylic acids is 1.